The number of imide groups is 1. The second-order valence-corrected chi connectivity index (χ2v) is 6.38. The van der Waals surface area contributed by atoms with Crippen molar-refractivity contribution in [3.05, 3.63) is 52.4 Å². The summed E-state index contributed by atoms with van der Waals surface area (Å²) in [6, 6.07) is 9.91. The largest absolute Gasteiger partial charge is 0.494 e. The molecule has 1 saturated heterocycles. The van der Waals surface area contributed by atoms with Gasteiger partial charge in [-0.15, -0.1) is 11.3 Å². The van der Waals surface area contributed by atoms with Crippen molar-refractivity contribution >= 4 is 40.9 Å². The molecule has 1 fully saturated rings. The van der Waals surface area contributed by atoms with Crippen molar-refractivity contribution < 1.29 is 19.1 Å². The number of carbonyl (C=O) groups is 3. The molecule has 4 amide bonds. The molecule has 0 spiro atoms. The van der Waals surface area contributed by atoms with Crippen LogP contribution in [0, 0.1) is 0 Å². The molecule has 8 heteroatoms. The summed E-state index contributed by atoms with van der Waals surface area (Å²) in [5, 5.41) is 7.02. The maximum absolute atomic E-state index is 12.3. The number of amides is 4. The van der Waals surface area contributed by atoms with Gasteiger partial charge in [-0.25, -0.2) is 9.69 Å². The van der Waals surface area contributed by atoms with Gasteiger partial charge in [-0.1, -0.05) is 6.07 Å². The topological polar surface area (TPSA) is 87.7 Å². The number of hydrogen-bond acceptors (Lipinski definition) is 5. The molecule has 1 aliphatic rings. The average Bonchev–Trinajstić information content (AvgIpc) is 3.21. The number of anilines is 1. The highest BCUT2D eigenvalue weighted by molar-refractivity contribution is 7.10. The van der Waals surface area contributed by atoms with Crippen LogP contribution in [-0.4, -0.2) is 35.9 Å². The van der Waals surface area contributed by atoms with Gasteiger partial charge in [0.25, 0.3) is 5.91 Å². The van der Waals surface area contributed by atoms with E-state index in [1.165, 1.54) is 11.3 Å². The van der Waals surface area contributed by atoms with E-state index < -0.39 is 17.8 Å². The van der Waals surface area contributed by atoms with Crippen molar-refractivity contribution in [3.8, 4) is 5.75 Å². The van der Waals surface area contributed by atoms with Crippen LogP contribution in [0.15, 0.2) is 47.5 Å². The van der Waals surface area contributed by atoms with Gasteiger partial charge in [-0.3, -0.25) is 9.59 Å². The zero-order valence-electron chi connectivity index (χ0n) is 14.0. The summed E-state index contributed by atoms with van der Waals surface area (Å²) in [6.45, 7) is 2.08. The molecular weight excluding hydrogens is 354 g/mol. The van der Waals surface area contributed by atoms with Crippen molar-refractivity contribution in [2.24, 2.45) is 0 Å². The third-order valence-corrected chi connectivity index (χ3v) is 4.36. The number of benzene rings is 1. The minimum atomic E-state index is -0.611. The van der Waals surface area contributed by atoms with Gasteiger partial charge >= 0.3 is 6.03 Å². The number of rotatable bonds is 6. The Balaban J connectivity index is 1.62. The maximum Gasteiger partial charge on any atom is 0.329 e. The fraction of sp³-hybridized carbons (Fsp3) is 0.167. The highest BCUT2D eigenvalue weighted by Crippen LogP contribution is 2.18. The standard InChI is InChI=1S/C18H17N3O4S/c1-2-25-13-7-5-12(6-8-13)19-16(22)11-21-17(23)15(20-18(21)24)10-14-4-3-9-26-14/h3-10H,2,11H2,1H3,(H,19,22)(H,20,24). The van der Waals surface area contributed by atoms with Crippen molar-refractivity contribution in [1.29, 1.82) is 0 Å². The zero-order valence-corrected chi connectivity index (χ0v) is 14.8. The van der Waals surface area contributed by atoms with E-state index >= 15 is 0 Å². The molecule has 134 valence electrons. The van der Waals surface area contributed by atoms with E-state index in [0.29, 0.717) is 18.0 Å². The predicted molar refractivity (Wildman–Crippen MR) is 98.8 cm³/mol. The van der Waals surface area contributed by atoms with E-state index in [4.69, 9.17) is 4.74 Å². The van der Waals surface area contributed by atoms with E-state index in [-0.39, 0.29) is 12.2 Å². The number of ether oxygens (including phenoxy) is 1. The lowest BCUT2D eigenvalue weighted by atomic mass is 10.3. The molecule has 0 radical (unpaired) electrons. The summed E-state index contributed by atoms with van der Waals surface area (Å²) >= 11 is 1.45. The highest BCUT2D eigenvalue weighted by atomic mass is 32.1. The second-order valence-electron chi connectivity index (χ2n) is 5.40. The first-order valence-electron chi connectivity index (χ1n) is 7.97. The Morgan fingerprint density at radius 1 is 1.27 bits per heavy atom. The lowest BCUT2D eigenvalue weighted by molar-refractivity contribution is -0.127. The molecule has 0 unspecified atom stereocenters. The molecule has 1 aromatic heterocycles. The number of carbonyl (C=O) groups excluding carboxylic acids is 3. The molecule has 0 saturated carbocycles. The Kier molecular flexibility index (Phi) is 5.33. The summed E-state index contributed by atoms with van der Waals surface area (Å²) in [6.07, 6.45) is 1.59. The van der Waals surface area contributed by atoms with Crippen LogP contribution in [0.4, 0.5) is 10.5 Å². The fourth-order valence-corrected chi connectivity index (χ4v) is 3.03. The van der Waals surface area contributed by atoms with Crippen molar-refractivity contribution in [2.75, 3.05) is 18.5 Å². The summed E-state index contributed by atoms with van der Waals surface area (Å²) in [4.78, 5) is 38.2. The van der Waals surface area contributed by atoms with Crippen molar-refractivity contribution in [2.45, 2.75) is 6.92 Å². The minimum Gasteiger partial charge on any atom is -0.494 e. The normalized spacial score (nSPS) is 15.3. The Morgan fingerprint density at radius 2 is 2.04 bits per heavy atom. The van der Waals surface area contributed by atoms with Crippen molar-refractivity contribution in [3.63, 3.8) is 0 Å². The Morgan fingerprint density at radius 3 is 2.69 bits per heavy atom. The van der Waals surface area contributed by atoms with E-state index in [0.717, 1.165) is 9.78 Å². The first-order chi connectivity index (χ1) is 12.6. The number of hydrogen-bond donors (Lipinski definition) is 2. The summed E-state index contributed by atoms with van der Waals surface area (Å²) < 4.78 is 5.33. The van der Waals surface area contributed by atoms with Crippen LogP contribution in [0.1, 0.15) is 11.8 Å². The van der Waals surface area contributed by atoms with Crippen LogP contribution in [-0.2, 0) is 9.59 Å². The molecule has 1 aliphatic heterocycles. The number of nitrogens with zero attached hydrogens (tertiary/aromatic N) is 1. The monoisotopic (exact) mass is 371 g/mol. The van der Waals surface area contributed by atoms with Crippen LogP contribution in [0.3, 0.4) is 0 Å². The second kappa shape index (κ2) is 7.83. The fourth-order valence-electron chi connectivity index (χ4n) is 2.38. The van der Waals surface area contributed by atoms with Crippen LogP contribution in [0.2, 0.25) is 0 Å². The molecule has 0 bridgehead atoms. The lowest BCUT2D eigenvalue weighted by Gasteiger charge is -2.12. The maximum atomic E-state index is 12.3. The number of thiophene rings is 1. The molecule has 2 N–H and O–H groups in total. The van der Waals surface area contributed by atoms with Gasteiger partial charge in [0.15, 0.2) is 0 Å². The van der Waals surface area contributed by atoms with E-state index in [1.807, 2.05) is 24.4 Å². The van der Waals surface area contributed by atoms with Gasteiger partial charge in [-0.2, -0.15) is 0 Å². The summed E-state index contributed by atoms with van der Waals surface area (Å²) in [5.41, 5.74) is 0.714. The average molecular weight is 371 g/mol. The van der Waals surface area contributed by atoms with Gasteiger partial charge in [0, 0.05) is 10.6 Å². The van der Waals surface area contributed by atoms with Gasteiger partial charge < -0.3 is 15.4 Å². The molecule has 3 rings (SSSR count). The minimum absolute atomic E-state index is 0.159. The molecule has 2 heterocycles. The van der Waals surface area contributed by atoms with Crippen LogP contribution in [0.25, 0.3) is 6.08 Å². The smallest absolute Gasteiger partial charge is 0.329 e. The number of urea groups is 1. The highest BCUT2D eigenvalue weighted by Gasteiger charge is 2.34. The van der Waals surface area contributed by atoms with E-state index in [1.54, 1.807) is 30.3 Å². The Bertz CT molecular complexity index is 844. The Labute approximate surface area is 154 Å². The zero-order chi connectivity index (χ0) is 18.5. The molecule has 1 aromatic carbocycles. The van der Waals surface area contributed by atoms with Gasteiger partial charge in [0.2, 0.25) is 5.91 Å². The van der Waals surface area contributed by atoms with Gasteiger partial charge in [-0.05, 0) is 48.7 Å². The van der Waals surface area contributed by atoms with Crippen molar-refractivity contribution in [1.82, 2.24) is 10.2 Å². The first-order valence-corrected chi connectivity index (χ1v) is 8.85. The first kappa shape index (κ1) is 17.7. The Hall–Kier alpha value is -3.13. The number of nitrogens with one attached hydrogen (secondary N) is 2. The SMILES string of the molecule is CCOc1ccc(NC(=O)CN2C(=O)NC(=Cc3cccs3)C2=O)cc1. The van der Waals surface area contributed by atoms with E-state index in [2.05, 4.69) is 10.6 Å². The third kappa shape index (κ3) is 4.09. The predicted octanol–water partition coefficient (Wildman–Crippen LogP) is 2.68. The third-order valence-electron chi connectivity index (χ3n) is 3.54. The molecule has 0 atom stereocenters. The van der Waals surface area contributed by atoms with Crippen LogP contribution < -0.4 is 15.4 Å². The van der Waals surface area contributed by atoms with Gasteiger partial charge in [0.05, 0.1) is 6.61 Å². The summed E-state index contributed by atoms with van der Waals surface area (Å²) in [5.74, 6) is -0.289. The quantitative estimate of drug-likeness (QED) is 0.604. The molecule has 7 nitrogen and oxygen atoms in total. The molecule has 26 heavy (non-hydrogen) atoms. The van der Waals surface area contributed by atoms with Crippen LogP contribution in [0.5, 0.6) is 5.75 Å². The lowest BCUT2D eigenvalue weighted by Crippen LogP contribution is -2.38. The molecular formula is C18H17N3O4S. The van der Waals surface area contributed by atoms with Crippen LogP contribution >= 0.6 is 11.3 Å². The molecule has 2 aromatic rings. The molecule has 0 aliphatic carbocycles. The van der Waals surface area contributed by atoms with E-state index in [9.17, 15) is 14.4 Å². The van der Waals surface area contributed by atoms with Gasteiger partial charge in [0.1, 0.15) is 18.0 Å². The summed E-state index contributed by atoms with van der Waals surface area (Å²) in [7, 11) is 0.